The van der Waals surface area contributed by atoms with Gasteiger partial charge in [0.1, 0.15) is 84.3 Å². The highest BCUT2D eigenvalue weighted by molar-refractivity contribution is 7.80. The van der Waals surface area contributed by atoms with E-state index in [2.05, 4.69) is 126 Å². The van der Waals surface area contributed by atoms with Gasteiger partial charge in [-0.25, -0.2) is 4.98 Å². The van der Waals surface area contributed by atoms with E-state index in [0.717, 1.165) is 24.2 Å². The maximum Gasteiger partial charge on any atom is 0.305 e. The number of aliphatic hydroxyl groups is 1. The van der Waals surface area contributed by atoms with Gasteiger partial charge in [0.15, 0.2) is 17.9 Å². The van der Waals surface area contributed by atoms with Crippen molar-refractivity contribution >= 4 is 144 Å². The number of rotatable bonds is 60. The molecule has 2 aromatic carbocycles. The van der Waals surface area contributed by atoms with Crippen LogP contribution in [-0.4, -0.2) is 284 Å². The number of amides is 16. The highest BCUT2D eigenvalue weighted by Crippen LogP contribution is 2.21. The van der Waals surface area contributed by atoms with E-state index in [1.807, 2.05) is 6.92 Å². The van der Waals surface area contributed by atoms with Gasteiger partial charge in [-0.15, -0.1) is 0 Å². The normalized spacial score (nSPS) is 15.5. The third kappa shape index (κ3) is 40.1. The Balaban J connectivity index is 1.53. The Bertz CT molecular complexity index is 4310. The van der Waals surface area contributed by atoms with Crippen LogP contribution in [0.15, 0.2) is 67.1 Å². The van der Waals surface area contributed by atoms with Gasteiger partial charge in [-0.2, -0.15) is 25.3 Å². The number of hydrogen-bond donors (Lipinski definition) is 30. The van der Waals surface area contributed by atoms with Crippen molar-refractivity contribution < 1.29 is 96.8 Å². The number of carboxylic acids is 1. The zero-order valence-corrected chi connectivity index (χ0v) is 74.9. The van der Waals surface area contributed by atoms with E-state index in [0.29, 0.717) is 29.7 Å². The fourth-order valence-electron chi connectivity index (χ4n) is 13.3. The van der Waals surface area contributed by atoms with Crippen LogP contribution in [0.2, 0.25) is 0 Å². The molecular formula is C81H127N27O20S2. The van der Waals surface area contributed by atoms with Crippen molar-refractivity contribution in [2.75, 3.05) is 57.4 Å². The van der Waals surface area contributed by atoms with Gasteiger partial charge in [0, 0.05) is 68.7 Å². The summed E-state index contributed by atoms with van der Waals surface area (Å²) in [4.78, 5) is 244. The Morgan fingerprint density at radius 2 is 0.962 bits per heavy atom. The lowest BCUT2D eigenvalue weighted by Crippen LogP contribution is -2.67. The van der Waals surface area contributed by atoms with E-state index < -0.39 is 229 Å². The van der Waals surface area contributed by atoms with E-state index in [4.69, 9.17) is 39.2 Å². The second-order valence-electron chi connectivity index (χ2n) is 31.0. The molecule has 0 radical (unpaired) electrons. The van der Waals surface area contributed by atoms with Crippen molar-refractivity contribution in [2.24, 2.45) is 28.9 Å². The number of primary amides is 1. The average molecular weight is 1860 g/mol. The molecule has 47 nitrogen and oxygen atoms in total. The molecule has 4 rings (SSSR count). The second kappa shape index (κ2) is 58.4. The smallest absolute Gasteiger partial charge is 0.305 e. The minimum absolute atomic E-state index is 0.0116. The molecule has 130 heavy (non-hydrogen) atoms. The average Bonchev–Trinajstić information content (AvgIpc) is 0.883. The molecule has 2 heterocycles. The summed E-state index contributed by atoms with van der Waals surface area (Å²) in [5, 5.41) is 96.3. The monoisotopic (exact) mass is 1860 g/mol. The largest absolute Gasteiger partial charge is 0.508 e. The van der Waals surface area contributed by atoms with E-state index in [9.17, 15) is 96.8 Å². The van der Waals surface area contributed by atoms with Gasteiger partial charge < -0.3 is 139 Å². The first-order valence-corrected chi connectivity index (χ1v) is 44.0. The number of aromatic amines is 1. The Labute approximate surface area is 762 Å². The summed E-state index contributed by atoms with van der Waals surface area (Å²) >= 11 is 8.54. The number of unbranched alkanes of at least 4 members (excludes halogenated alkanes) is 4. The molecule has 0 spiro atoms. The first kappa shape index (κ1) is 109. The number of nitrogens with two attached hydrogens (primary N) is 4. The number of carbonyl (C=O) groups excluding carboxylic acids is 16. The summed E-state index contributed by atoms with van der Waals surface area (Å²) in [5.74, 6) is -19.7. The molecular weight excluding hydrogens is 1740 g/mol. The third-order valence-electron chi connectivity index (χ3n) is 20.6. The number of phenols is 1. The molecule has 14 atom stereocenters. The lowest BCUT2D eigenvalue weighted by Gasteiger charge is -2.40. The van der Waals surface area contributed by atoms with Gasteiger partial charge in [0.05, 0.1) is 39.0 Å². The van der Waals surface area contributed by atoms with Crippen molar-refractivity contribution in [2.45, 2.75) is 228 Å². The molecule has 0 unspecified atom stereocenters. The van der Waals surface area contributed by atoms with Crippen LogP contribution >= 0.6 is 25.3 Å². The van der Waals surface area contributed by atoms with Gasteiger partial charge in [0.25, 0.3) is 0 Å². The van der Waals surface area contributed by atoms with E-state index in [-0.39, 0.29) is 126 Å². The molecule has 1 aliphatic heterocycles. The fraction of sp³-hybridized carbons (Fsp3) is 0.568. The lowest BCUT2D eigenvalue weighted by atomic mass is 9.97. The van der Waals surface area contributed by atoms with Crippen LogP contribution in [0.4, 0.5) is 0 Å². The molecule has 49 heteroatoms. The van der Waals surface area contributed by atoms with E-state index in [1.165, 1.54) is 43.7 Å². The number of aliphatic hydroxyl groups excluding tert-OH is 1. The zero-order chi connectivity index (χ0) is 96.5. The number of aromatic hydroxyl groups is 1. The number of carbonyl (C=O) groups is 17. The highest BCUT2D eigenvalue weighted by atomic mass is 32.1. The molecule has 32 N–H and O–H groups in total. The van der Waals surface area contributed by atoms with Gasteiger partial charge >= 0.3 is 5.97 Å². The summed E-state index contributed by atoms with van der Waals surface area (Å²) in [6.07, 6.45) is 4.76. The lowest BCUT2D eigenvalue weighted by molar-refractivity contribution is -0.149. The number of benzene rings is 2. The Kier molecular flexibility index (Phi) is 49.1. The third-order valence-corrected chi connectivity index (χ3v) is 21.4. The summed E-state index contributed by atoms with van der Waals surface area (Å²) in [6, 6.07) is -6.03. The summed E-state index contributed by atoms with van der Waals surface area (Å²) in [6.45, 7) is 3.77. The maximum atomic E-state index is 14.7. The Morgan fingerprint density at radius 3 is 1.50 bits per heavy atom. The molecule has 0 aliphatic carbocycles. The van der Waals surface area contributed by atoms with E-state index >= 15 is 0 Å². The predicted molar refractivity (Wildman–Crippen MR) is 480 cm³/mol. The van der Waals surface area contributed by atoms with Gasteiger partial charge in [0.2, 0.25) is 94.5 Å². The van der Waals surface area contributed by atoms with Crippen LogP contribution < -0.4 is 113 Å². The van der Waals surface area contributed by atoms with Gasteiger partial charge in [-0.3, -0.25) is 97.7 Å². The minimum atomic E-state index is -2.02. The predicted octanol–water partition coefficient (Wildman–Crippen LogP) is -6.79. The van der Waals surface area contributed by atoms with Crippen LogP contribution in [0, 0.1) is 22.1 Å². The molecule has 1 fully saturated rings. The second-order valence-corrected chi connectivity index (χ2v) is 31.7. The van der Waals surface area contributed by atoms with Crippen molar-refractivity contribution in [3.05, 3.63) is 83.9 Å². The first-order chi connectivity index (χ1) is 61.8. The van der Waals surface area contributed by atoms with Gasteiger partial charge in [-0.1, -0.05) is 109 Å². The number of phenolic OH excluding ortho intramolecular Hbond substituents is 1. The number of guanidine groups is 3. The number of carboxylic acid groups (broad SMARTS) is 1. The fourth-order valence-corrected chi connectivity index (χ4v) is 13.8. The Hall–Kier alpha value is -13.1. The number of piperazine rings is 1. The quantitative estimate of drug-likeness (QED) is 0.0108. The number of thiol groups is 2. The number of nitrogens with zero attached hydrogens (tertiary/aromatic N) is 2. The number of hydrogen-bond acceptors (Lipinski definition) is 25. The maximum absolute atomic E-state index is 14.7. The zero-order valence-electron chi connectivity index (χ0n) is 73.1. The van der Waals surface area contributed by atoms with Crippen molar-refractivity contribution in [3.8, 4) is 5.75 Å². The topological polar surface area (TPSA) is 763 Å². The summed E-state index contributed by atoms with van der Waals surface area (Å²) < 4.78 is 0. The summed E-state index contributed by atoms with van der Waals surface area (Å²) in [5.41, 5.74) is 23.4. The van der Waals surface area contributed by atoms with Crippen LogP contribution in [0.3, 0.4) is 0 Å². The SMILES string of the molecule is CCCCCCC(=O)N[C@@H](CS)C(=O)N[C@@H](Cc1cnc[nH]1)C(=O)N[C@@H](Cc1ccccc1)C(=O)NCC(=O)NCC(=O)N[C@@H](CCCNC(=N)N)C(=O)N[C@@H](CCCC)C(=O)N[C@@H](CC(=O)O)C(=O)N[C@@H](CCCNC(=N)N)C(=O)N[C@H](C(=O)N[C@@H](CO)C(=O)N[C@@H](CS)C(=O)N[C@@H](Cc1ccc(O)cc1)C(=O)N1C[C@H](C(N)=O)NC(=O)[C@@H]1CCCNC(=N)N)[C@@H](C)CC. The number of aromatic nitrogens is 2. The first-order valence-electron chi connectivity index (χ1n) is 42.7. The molecule has 1 aromatic heterocycles. The molecule has 3 aromatic rings. The van der Waals surface area contributed by atoms with Crippen molar-refractivity contribution in [3.63, 3.8) is 0 Å². The van der Waals surface area contributed by atoms with Crippen molar-refractivity contribution in [1.29, 1.82) is 16.2 Å². The molecule has 0 saturated carbocycles. The van der Waals surface area contributed by atoms with Crippen molar-refractivity contribution in [1.82, 2.24) is 105 Å². The van der Waals surface area contributed by atoms with E-state index in [1.54, 1.807) is 44.2 Å². The minimum Gasteiger partial charge on any atom is -0.508 e. The number of aliphatic carboxylic acids is 1. The molecule has 16 amide bonds. The number of imidazole rings is 1. The molecule has 1 aliphatic rings. The molecule has 1 saturated heterocycles. The summed E-state index contributed by atoms with van der Waals surface area (Å²) in [7, 11) is 0. The Morgan fingerprint density at radius 1 is 0.500 bits per heavy atom. The van der Waals surface area contributed by atoms with Crippen LogP contribution in [0.5, 0.6) is 5.75 Å². The van der Waals surface area contributed by atoms with Crippen LogP contribution in [0.1, 0.15) is 147 Å². The molecule has 0 bridgehead atoms. The number of H-pyrrole nitrogens is 1. The van der Waals surface area contributed by atoms with Gasteiger partial charge in [-0.05, 0) is 80.5 Å². The highest BCUT2D eigenvalue weighted by Gasteiger charge is 2.43. The molecule has 718 valence electrons. The van der Waals surface area contributed by atoms with Crippen LogP contribution in [-0.2, 0) is 101 Å². The standard InChI is InChI=1S/C81H127N27O20S2/c1-5-8-10-14-24-61(111)97-58(41-129)74(124)101-53(34-47-36-89-43-95-47)71(121)100-52(32-45-18-12-11-13-19-45)67(117)94-37-62(112)93-38-63(113)96-49(21-15-29-90-79(83)84)68(118)98-50(20-9-6-2)69(119)102-54(35-64(114)115)72(122)99-51(22-16-30-91-80(85)86)70(120)107-65(44(4)7-3)77(127)105-57(40-109)73(123)106-59(42-130)75(125)103-55(33-46-25-27-48(110)28-26-46)78(128)108-39-56(66(82)116)104-76(126)60(108)23-17-31-92-81(87)88/h11-13,18-19,25-28,36,43-44,49-60,65,109-110,129-130H,5-10,14-17,20-24,29-35,37-42H2,1-4H3,(H2,82,116)(H,89,95)(H,93,112)(H,94,117)(H,96,113)(H,97,111)(H,98,118)(H,99,122)(H,100,121)(H,101,124)(H,102,119)(H,103,125)(H,104,126)(H,105,127)(H,106,123)(H,107,120)(H,114,115)(H4,83,84,90)(H4,85,86,91)(H4,87,88,92)/t44-,49-,50-,51-,52-,53-,54-,55-,56+,57-,58-,59-,60-,65-/m0/s1. The number of nitrogens with one attached hydrogen (secondary N) is 21. The van der Waals surface area contributed by atoms with Crippen LogP contribution in [0.25, 0.3) is 0 Å².